The molecule has 3 aromatic rings. The second-order valence-corrected chi connectivity index (χ2v) is 9.60. The lowest BCUT2D eigenvalue weighted by atomic mass is 10.1. The summed E-state index contributed by atoms with van der Waals surface area (Å²) in [4.78, 5) is 12.7. The highest BCUT2D eigenvalue weighted by Gasteiger charge is 2.17. The molecule has 0 spiro atoms. The summed E-state index contributed by atoms with van der Waals surface area (Å²) in [6.45, 7) is 3.83. The lowest BCUT2D eigenvalue weighted by Crippen LogP contribution is -2.32. The Kier molecular flexibility index (Phi) is 7.36. The number of carbonyl (C=O) groups is 1. The van der Waals surface area contributed by atoms with Crippen molar-refractivity contribution in [2.24, 2.45) is 0 Å². The molecule has 0 radical (unpaired) electrons. The second kappa shape index (κ2) is 9.98. The third kappa shape index (κ3) is 6.32. The average Bonchev–Trinajstić information content (AvgIpc) is 2.74. The maximum Gasteiger partial charge on any atom is 0.261 e. The van der Waals surface area contributed by atoms with Gasteiger partial charge in [0.2, 0.25) is 0 Å². The summed E-state index contributed by atoms with van der Waals surface area (Å²) in [6, 6.07) is 21.1. The van der Waals surface area contributed by atoms with Crippen LogP contribution in [0.5, 0.6) is 0 Å². The van der Waals surface area contributed by atoms with E-state index in [9.17, 15) is 13.2 Å². The minimum absolute atomic E-state index is 0.0220. The number of hydrogen-bond donors (Lipinski definition) is 2. The fourth-order valence-corrected chi connectivity index (χ4v) is 4.43. The first-order valence-corrected chi connectivity index (χ1v) is 11.8. The molecular weight excluding hydrogens is 432 g/mol. The molecule has 0 aliphatic rings. The summed E-state index contributed by atoms with van der Waals surface area (Å²) < 4.78 is 27.6. The van der Waals surface area contributed by atoms with Crippen LogP contribution in [0.4, 0.5) is 5.69 Å². The highest BCUT2D eigenvalue weighted by molar-refractivity contribution is 7.92. The highest BCUT2D eigenvalue weighted by Crippen LogP contribution is 2.26. The van der Waals surface area contributed by atoms with Gasteiger partial charge in [-0.1, -0.05) is 59.6 Å². The Labute approximate surface area is 188 Å². The fraction of sp³-hybridized carbons (Fsp3) is 0.208. The van der Waals surface area contributed by atoms with Crippen LogP contribution in [0.25, 0.3) is 0 Å². The van der Waals surface area contributed by atoms with Crippen molar-refractivity contribution >= 4 is 33.2 Å². The van der Waals surface area contributed by atoms with Gasteiger partial charge in [0.15, 0.2) is 0 Å². The van der Waals surface area contributed by atoms with Gasteiger partial charge in [-0.15, -0.1) is 0 Å². The van der Waals surface area contributed by atoms with Gasteiger partial charge in [0.05, 0.1) is 15.6 Å². The van der Waals surface area contributed by atoms with E-state index in [2.05, 4.69) is 22.2 Å². The van der Waals surface area contributed by atoms with Crippen LogP contribution < -0.4 is 10.0 Å². The number of rotatable bonds is 8. The standard InChI is InChI=1S/C24H25ClN2O3S/c1-17-8-13-21(14-9-17)31(29,30)27-23-15-12-20(16-22(23)25)24(28)26-18(2)10-11-19-6-4-3-5-7-19/h3-9,12-16,18,27H,10-11H2,1-2H3,(H,26,28)/t18-/m1/s1. The van der Waals surface area contributed by atoms with Gasteiger partial charge < -0.3 is 5.32 Å². The molecule has 162 valence electrons. The second-order valence-electron chi connectivity index (χ2n) is 7.51. The van der Waals surface area contributed by atoms with Gasteiger partial charge in [0.25, 0.3) is 15.9 Å². The van der Waals surface area contributed by atoms with E-state index < -0.39 is 10.0 Å². The number of halogens is 1. The van der Waals surface area contributed by atoms with Gasteiger partial charge in [-0.05, 0) is 62.6 Å². The molecule has 0 fully saturated rings. The Balaban J connectivity index is 1.63. The quantitative estimate of drug-likeness (QED) is 0.489. The molecule has 3 aromatic carbocycles. The van der Waals surface area contributed by atoms with Crippen molar-refractivity contribution in [2.75, 3.05) is 4.72 Å². The van der Waals surface area contributed by atoms with E-state index in [-0.39, 0.29) is 27.6 Å². The van der Waals surface area contributed by atoms with E-state index in [0.717, 1.165) is 18.4 Å². The lowest BCUT2D eigenvalue weighted by Gasteiger charge is -2.15. The number of amides is 1. The Morgan fingerprint density at radius 3 is 2.32 bits per heavy atom. The molecule has 0 aliphatic carbocycles. The topological polar surface area (TPSA) is 75.3 Å². The van der Waals surface area contributed by atoms with Crippen molar-refractivity contribution in [3.05, 3.63) is 94.5 Å². The van der Waals surface area contributed by atoms with Crippen LogP contribution in [-0.2, 0) is 16.4 Å². The molecule has 3 rings (SSSR count). The van der Waals surface area contributed by atoms with Crippen molar-refractivity contribution < 1.29 is 13.2 Å². The molecule has 7 heteroatoms. The van der Waals surface area contributed by atoms with Gasteiger partial charge >= 0.3 is 0 Å². The van der Waals surface area contributed by atoms with E-state index in [4.69, 9.17) is 11.6 Å². The minimum Gasteiger partial charge on any atom is -0.350 e. The zero-order valence-corrected chi connectivity index (χ0v) is 19.0. The third-order valence-corrected chi connectivity index (χ3v) is 6.59. The lowest BCUT2D eigenvalue weighted by molar-refractivity contribution is 0.0938. The number of carbonyl (C=O) groups excluding carboxylic acids is 1. The Hall–Kier alpha value is -2.83. The SMILES string of the molecule is Cc1ccc(S(=O)(=O)Nc2ccc(C(=O)N[C@H](C)CCc3ccccc3)cc2Cl)cc1. The van der Waals surface area contributed by atoms with Gasteiger partial charge in [-0.25, -0.2) is 8.42 Å². The zero-order valence-electron chi connectivity index (χ0n) is 17.4. The van der Waals surface area contributed by atoms with Gasteiger partial charge in [-0.2, -0.15) is 0 Å². The van der Waals surface area contributed by atoms with E-state index in [1.165, 1.54) is 29.8 Å². The Morgan fingerprint density at radius 1 is 1.00 bits per heavy atom. The van der Waals surface area contributed by atoms with Crippen LogP contribution in [-0.4, -0.2) is 20.4 Å². The average molecular weight is 457 g/mol. The molecule has 0 aromatic heterocycles. The molecule has 2 N–H and O–H groups in total. The first kappa shape index (κ1) is 22.8. The number of aryl methyl sites for hydroxylation is 2. The number of benzene rings is 3. The molecule has 0 unspecified atom stereocenters. The largest absolute Gasteiger partial charge is 0.350 e. The summed E-state index contributed by atoms with van der Waals surface area (Å²) in [5.41, 5.74) is 2.77. The maximum atomic E-state index is 12.6. The van der Waals surface area contributed by atoms with Crippen molar-refractivity contribution in [2.45, 2.75) is 37.6 Å². The van der Waals surface area contributed by atoms with Crippen LogP contribution >= 0.6 is 11.6 Å². The molecule has 1 amide bonds. The predicted octanol–water partition coefficient (Wildman–Crippen LogP) is 5.20. The van der Waals surface area contributed by atoms with Crippen molar-refractivity contribution in [3.63, 3.8) is 0 Å². The fourth-order valence-electron chi connectivity index (χ4n) is 3.07. The van der Waals surface area contributed by atoms with E-state index >= 15 is 0 Å². The smallest absolute Gasteiger partial charge is 0.261 e. The van der Waals surface area contributed by atoms with Crippen LogP contribution in [0.3, 0.4) is 0 Å². The first-order chi connectivity index (χ1) is 14.7. The Bertz CT molecular complexity index is 1150. The summed E-state index contributed by atoms with van der Waals surface area (Å²) in [6.07, 6.45) is 1.67. The van der Waals surface area contributed by atoms with Crippen LogP contribution in [0, 0.1) is 6.92 Å². The molecule has 5 nitrogen and oxygen atoms in total. The van der Waals surface area contributed by atoms with Crippen LogP contribution in [0.15, 0.2) is 77.7 Å². The molecule has 0 saturated carbocycles. The maximum absolute atomic E-state index is 12.6. The monoisotopic (exact) mass is 456 g/mol. The van der Waals surface area contributed by atoms with Gasteiger partial charge in [0.1, 0.15) is 0 Å². The predicted molar refractivity (Wildman–Crippen MR) is 125 cm³/mol. The van der Waals surface area contributed by atoms with Crippen molar-refractivity contribution in [3.8, 4) is 0 Å². The Morgan fingerprint density at radius 2 is 1.68 bits per heavy atom. The molecule has 31 heavy (non-hydrogen) atoms. The van der Waals surface area contributed by atoms with Crippen LogP contribution in [0.1, 0.15) is 34.8 Å². The molecule has 1 atom stereocenters. The molecule has 0 heterocycles. The molecule has 0 aliphatic heterocycles. The molecular formula is C24H25ClN2O3S. The van der Waals surface area contributed by atoms with Crippen LogP contribution in [0.2, 0.25) is 5.02 Å². The number of anilines is 1. The van der Waals surface area contributed by atoms with E-state index in [1.54, 1.807) is 18.2 Å². The van der Waals surface area contributed by atoms with Gasteiger partial charge in [-0.3, -0.25) is 9.52 Å². The minimum atomic E-state index is -3.77. The van der Waals surface area contributed by atoms with Gasteiger partial charge in [0, 0.05) is 11.6 Å². The van der Waals surface area contributed by atoms with Crippen molar-refractivity contribution in [1.29, 1.82) is 0 Å². The number of nitrogens with one attached hydrogen (secondary N) is 2. The summed E-state index contributed by atoms with van der Waals surface area (Å²) in [5.74, 6) is -0.254. The number of sulfonamides is 1. The number of hydrogen-bond acceptors (Lipinski definition) is 3. The summed E-state index contributed by atoms with van der Waals surface area (Å²) in [5, 5.41) is 3.11. The molecule has 0 saturated heterocycles. The third-order valence-electron chi connectivity index (χ3n) is 4.89. The van der Waals surface area contributed by atoms with Crippen molar-refractivity contribution in [1.82, 2.24) is 5.32 Å². The first-order valence-electron chi connectivity index (χ1n) is 9.98. The van der Waals surface area contributed by atoms with E-state index in [0.29, 0.717) is 5.56 Å². The summed E-state index contributed by atoms with van der Waals surface area (Å²) >= 11 is 6.26. The summed E-state index contributed by atoms with van der Waals surface area (Å²) in [7, 11) is -3.77. The normalized spacial score (nSPS) is 12.2. The van der Waals surface area contributed by atoms with E-state index in [1.807, 2.05) is 32.0 Å². The highest BCUT2D eigenvalue weighted by atomic mass is 35.5. The molecule has 0 bridgehead atoms. The zero-order chi connectivity index (χ0) is 22.4.